The fraction of sp³-hybridized carbons (Fsp3) is 0.538. The predicted octanol–water partition coefficient (Wildman–Crippen LogP) is 2.13. The highest BCUT2D eigenvalue weighted by Gasteiger charge is 2.28. The normalized spacial score (nSPS) is 12.8. The SMILES string of the molecule is CN(CCCNS(=O)(=O)Cc1cccc(F)c1)CC(F)(F)F. The van der Waals surface area contributed by atoms with Crippen LogP contribution in [-0.2, 0) is 15.8 Å². The summed E-state index contributed by atoms with van der Waals surface area (Å²) in [5, 5.41) is 0. The van der Waals surface area contributed by atoms with Gasteiger partial charge in [-0.2, -0.15) is 13.2 Å². The van der Waals surface area contributed by atoms with Gasteiger partial charge in [-0.25, -0.2) is 17.5 Å². The van der Waals surface area contributed by atoms with Gasteiger partial charge in [-0.15, -0.1) is 0 Å². The highest BCUT2D eigenvalue weighted by atomic mass is 32.2. The molecule has 126 valence electrons. The first kappa shape index (κ1) is 18.9. The van der Waals surface area contributed by atoms with Crippen molar-refractivity contribution < 1.29 is 26.0 Å². The van der Waals surface area contributed by atoms with E-state index in [0.717, 1.165) is 11.0 Å². The highest BCUT2D eigenvalue weighted by Crippen LogP contribution is 2.15. The van der Waals surface area contributed by atoms with Crippen molar-refractivity contribution in [2.45, 2.75) is 18.3 Å². The van der Waals surface area contributed by atoms with Crippen LogP contribution in [0.15, 0.2) is 24.3 Å². The molecule has 0 unspecified atom stereocenters. The molecule has 0 amide bonds. The molecule has 1 aromatic carbocycles. The Labute approximate surface area is 127 Å². The fourth-order valence-corrected chi connectivity index (χ4v) is 3.03. The standard InChI is InChI=1S/C13H18F4N2O2S/c1-19(10-13(15,16)17)7-3-6-18-22(20,21)9-11-4-2-5-12(14)8-11/h2,4-5,8,18H,3,6-7,9-10H2,1H3. The van der Waals surface area contributed by atoms with Gasteiger partial charge in [-0.3, -0.25) is 4.90 Å². The first-order valence-electron chi connectivity index (χ1n) is 6.54. The molecule has 1 aromatic rings. The summed E-state index contributed by atoms with van der Waals surface area (Å²) in [6.45, 7) is -0.898. The second-order valence-electron chi connectivity index (χ2n) is 4.99. The highest BCUT2D eigenvalue weighted by molar-refractivity contribution is 7.88. The van der Waals surface area contributed by atoms with Crippen molar-refractivity contribution in [1.82, 2.24) is 9.62 Å². The number of hydrogen-bond donors (Lipinski definition) is 1. The van der Waals surface area contributed by atoms with Crippen molar-refractivity contribution in [3.8, 4) is 0 Å². The average molecular weight is 342 g/mol. The molecular weight excluding hydrogens is 324 g/mol. The van der Waals surface area contributed by atoms with E-state index in [4.69, 9.17) is 0 Å². The third-order valence-corrected chi connectivity index (χ3v) is 4.09. The lowest BCUT2D eigenvalue weighted by molar-refractivity contribution is -0.143. The Bertz CT molecular complexity index is 576. The van der Waals surface area contributed by atoms with Crippen molar-refractivity contribution in [2.75, 3.05) is 26.7 Å². The molecule has 0 saturated heterocycles. The first-order valence-corrected chi connectivity index (χ1v) is 8.20. The number of nitrogens with zero attached hydrogens (tertiary/aromatic N) is 1. The number of sulfonamides is 1. The molecule has 0 aliphatic carbocycles. The fourth-order valence-electron chi connectivity index (χ4n) is 1.86. The lowest BCUT2D eigenvalue weighted by Crippen LogP contribution is -2.34. The zero-order valence-corrected chi connectivity index (χ0v) is 12.8. The van der Waals surface area contributed by atoms with Crippen LogP contribution in [0.4, 0.5) is 17.6 Å². The molecule has 1 rings (SSSR count). The van der Waals surface area contributed by atoms with Crippen LogP contribution in [0, 0.1) is 5.82 Å². The van der Waals surface area contributed by atoms with Crippen LogP contribution in [0.25, 0.3) is 0 Å². The molecule has 0 aliphatic rings. The van der Waals surface area contributed by atoms with Crippen LogP contribution in [0.5, 0.6) is 0 Å². The average Bonchev–Trinajstić information content (AvgIpc) is 2.32. The second-order valence-corrected chi connectivity index (χ2v) is 6.80. The van der Waals surface area contributed by atoms with Crippen LogP contribution >= 0.6 is 0 Å². The Morgan fingerprint density at radius 1 is 1.27 bits per heavy atom. The van der Waals surface area contributed by atoms with Gasteiger partial charge >= 0.3 is 6.18 Å². The van der Waals surface area contributed by atoms with Crippen molar-refractivity contribution >= 4 is 10.0 Å². The summed E-state index contributed by atoms with van der Waals surface area (Å²) in [7, 11) is -2.33. The van der Waals surface area contributed by atoms with E-state index in [1.54, 1.807) is 0 Å². The minimum Gasteiger partial charge on any atom is -0.298 e. The maximum absolute atomic E-state index is 13.0. The molecule has 22 heavy (non-hydrogen) atoms. The number of alkyl halides is 3. The molecule has 0 fully saturated rings. The van der Waals surface area contributed by atoms with Crippen LogP contribution in [-0.4, -0.2) is 46.2 Å². The third-order valence-electron chi connectivity index (χ3n) is 2.73. The van der Waals surface area contributed by atoms with E-state index in [1.165, 1.54) is 25.2 Å². The molecular formula is C13H18F4N2O2S. The van der Waals surface area contributed by atoms with Gasteiger partial charge in [-0.05, 0) is 37.7 Å². The lowest BCUT2D eigenvalue weighted by Gasteiger charge is -2.18. The first-order chi connectivity index (χ1) is 10.1. The Balaban J connectivity index is 2.34. The largest absolute Gasteiger partial charge is 0.401 e. The number of hydrogen-bond acceptors (Lipinski definition) is 3. The van der Waals surface area contributed by atoms with Crippen LogP contribution in [0.2, 0.25) is 0 Å². The van der Waals surface area contributed by atoms with Crippen molar-refractivity contribution in [3.63, 3.8) is 0 Å². The Morgan fingerprint density at radius 2 is 1.95 bits per heavy atom. The summed E-state index contributed by atoms with van der Waals surface area (Å²) >= 11 is 0. The second kappa shape index (κ2) is 7.89. The van der Waals surface area contributed by atoms with Gasteiger partial charge in [0.1, 0.15) is 5.82 Å². The molecule has 9 heteroatoms. The molecule has 1 N–H and O–H groups in total. The van der Waals surface area contributed by atoms with E-state index in [0.29, 0.717) is 5.56 Å². The van der Waals surface area contributed by atoms with Gasteiger partial charge in [0.25, 0.3) is 0 Å². The zero-order valence-electron chi connectivity index (χ0n) is 12.0. The van der Waals surface area contributed by atoms with E-state index < -0.39 is 28.6 Å². The number of rotatable bonds is 8. The van der Waals surface area contributed by atoms with Gasteiger partial charge in [0.05, 0.1) is 12.3 Å². The maximum Gasteiger partial charge on any atom is 0.401 e. The monoisotopic (exact) mass is 342 g/mol. The maximum atomic E-state index is 13.0. The third kappa shape index (κ3) is 8.30. The summed E-state index contributed by atoms with van der Waals surface area (Å²) in [5.74, 6) is -0.898. The molecule has 0 bridgehead atoms. The topological polar surface area (TPSA) is 49.4 Å². The van der Waals surface area contributed by atoms with Crippen molar-refractivity contribution in [1.29, 1.82) is 0 Å². The molecule has 0 radical (unpaired) electrons. The smallest absolute Gasteiger partial charge is 0.298 e. The van der Waals surface area contributed by atoms with E-state index in [1.807, 2.05) is 0 Å². The number of nitrogens with one attached hydrogen (secondary N) is 1. The van der Waals surface area contributed by atoms with Crippen LogP contribution < -0.4 is 4.72 Å². The van der Waals surface area contributed by atoms with Crippen LogP contribution in [0.3, 0.4) is 0 Å². The molecule has 0 saturated carbocycles. The Morgan fingerprint density at radius 3 is 2.55 bits per heavy atom. The van der Waals surface area contributed by atoms with Gasteiger partial charge < -0.3 is 0 Å². The van der Waals surface area contributed by atoms with E-state index >= 15 is 0 Å². The summed E-state index contributed by atoms with van der Waals surface area (Å²) < 4.78 is 75.0. The molecule has 4 nitrogen and oxygen atoms in total. The van der Waals surface area contributed by atoms with E-state index in [2.05, 4.69) is 4.72 Å². The van der Waals surface area contributed by atoms with Gasteiger partial charge in [0.15, 0.2) is 0 Å². The van der Waals surface area contributed by atoms with Crippen LogP contribution in [0.1, 0.15) is 12.0 Å². The quantitative estimate of drug-likeness (QED) is 0.582. The number of halogens is 4. The van der Waals surface area contributed by atoms with Gasteiger partial charge in [-0.1, -0.05) is 12.1 Å². The van der Waals surface area contributed by atoms with Crippen molar-refractivity contribution in [2.24, 2.45) is 0 Å². The molecule has 0 atom stereocenters. The molecule has 0 heterocycles. The summed E-state index contributed by atoms with van der Waals surface area (Å²) in [6, 6.07) is 5.22. The summed E-state index contributed by atoms with van der Waals surface area (Å²) in [5.41, 5.74) is 0.307. The zero-order chi connectivity index (χ0) is 16.8. The Hall–Kier alpha value is -1.19. The molecule has 0 spiro atoms. The summed E-state index contributed by atoms with van der Waals surface area (Å²) in [6.07, 6.45) is -4.03. The minimum absolute atomic E-state index is 0.0276. The lowest BCUT2D eigenvalue weighted by atomic mass is 10.2. The van der Waals surface area contributed by atoms with Gasteiger partial charge in [0, 0.05) is 6.54 Å². The molecule has 0 aliphatic heterocycles. The minimum atomic E-state index is -4.27. The Kier molecular flexibility index (Phi) is 6.76. The van der Waals surface area contributed by atoms with E-state index in [-0.39, 0.29) is 25.3 Å². The van der Waals surface area contributed by atoms with Crippen molar-refractivity contribution in [3.05, 3.63) is 35.6 Å². The molecule has 0 aromatic heterocycles. The van der Waals surface area contributed by atoms with E-state index in [9.17, 15) is 26.0 Å². The number of benzene rings is 1. The summed E-state index contributed by atoms with van der Waals surface area (Å²) in [4.78, 5) is 1.07. The van der Waals surface area contributed by atoms with Gasteiger partial charge in [0.2, 0.25) is 10.0 Å². The predicted molar refractivity (Wildman–Crippen MR) is 75.2 cm³/mol.